The van der Waals surface area contributed by atoms with Crippen LogP contribution in [0.2, 0.25) is 0 Å². The van der Waals surface area contributed by atoms with Crippen molar-refractivity contribution in [2.45, 2.75) is 26.9 Å². The lowest BCUT2D eigenvalue weighted by Gasteiger charge is -2.04. The maximum absolute atomic E-state index is 11.8. The van der Waals surface area contributed by atoms with Crippen LogP contribution in [0.5, 0.6) is 5.75 Å². The number of nitrogens with one attached hydrogen (secondary N) is 1. The van der Waals surface area contributed by atoms with Crippen LogP contribution in [0, 0.1) is 5.92 Å². The molecule has 0 bridgehead atoms. The van der Waals surface area contributed by atoms with Crippen LogP contribution in [-0.4, -0.2) is 28.5 Å². The lowest BCUT2D eigenvalue weighted by Crippen LogP contribution is -2.27. The summed E-state index contributed by atoms with van der Waals surface area (Å²) in [6.07, 6.45) is 0.181. The molecular formula is C16H20N4O4. The van der Waals surface area contributed by atoms with Crippen molar-refractivity contribution in [2.24, 2.45) is 11.7 Å². The molecule has 0 aliphatic heterocycles. The van der Waals surface area contributed by atoms with Gasteiger partial charge in [0.15, 0.2) is 6.61 Å². The van der Waals surface area contributed by atoms with Gasteiger partial charge in [-0.2, -0.15) is 4.98 Å². The molecule has 0 aliphatic carbocycles. The van der Waals surface area contributed by atoms with Gasteiger partial charge in [-0.1, -0.05) is 31.1 Å². The Hall–Kier alpha value is -2.90. The zero-order valence-electron chi connectivity index (χ0n) is 13.6. The molecule has 0 fully saturated rings. The Balaban J connectivity index is 1.86. The molecule has 3 N–H and O–H groups in total. The summed E-state index contributed by atoms with van der Waals surface area (Å²) in [5.41, 5.74) is 5.94. The topological polar surface area (TPSA) is 120 Å². The summed E-state index contributed by atoms with van der Waals surface area (Å²) in [7, 11) is 0. The molecule has 8 heteroatoms. The summed E-state index contributed by atoms with van der Waals surface area (Å²) in [4.78, 5) is 26.6. The van der Waals surface area contributed by atoms with E-state index in [0.29, 0.717) is 18.2 Å². The fourth-order valence-corrected chi connectivity index (χ4v) is 1.83. The highest BCUT2D eigenvalue weighted by Gasteiger charge is 2.15. The van der Waals surface area contributed by atoms with Crippen molar-refractivity contribution < 1.29 is 18.8 Å². The first kappa shape index (κ1) is 17.5. The van der Waals surface area contributed by atoms with Crippen molar-refractivity contribution in [3.63, 3.8) is 0 Å². The maximum Gasteiger partial charge on any atom is 0.316 e. The van der Waals surface area contributed by atoms with Gasteiger partial charge >= 0.3 is 11.8 Å². The molecule has 0 saturated carbocycles. The van der Waals surface area contributed by atoms with Crippen LogP contribution in [0.3, 0.4) is 0 Å². The molecular weight excluding hydrogens is 312 g/mol. The monoisotopic (exact) mass is 332 g/mol. The third-order valence-electron chi connectivity index (χ3n) is 3.00. The van der Waals surface area contributed by atoms with E-state index in [2.05, 4.69) is 15.5 Å². The number of ether oxygens (including phenoxy) is 1. The Morgan fingerprint density at radius 1 is 1.29 bits per heavy atom. The largest absolute Gasteiger partial charge is 0.485 e. The van der Waals surface area contributed by atoms with Crippen LogP contribution in [0.4, 0.5) is 0 Å². The van der Waals surface area contributed by atoms with E-state index < -0.39 is 11.8 Å². The van der Waals surface area contributed by atoms with E-state index in [9.17, 15) is 9.59 Å². The number of nitrogens with two attached hydrogens (primary N) is 1. The quantitative estimate of drug-likeness (QED) is 0.746. The predicted octanol–water partition coefficient (Wildman–Crippen LogP) is 1.06. The minimum absolute atomic E-state index is 0.0656. The number of aromatic nitrogens is 2. The molecule has 24 heavy (non-hydrogen) atoms. The Kier molecular flexibility index (Phi) is 5.89. The molecule has 0 unspecified atom stereocenters. The second-order valence-corrected chi connectivity index (χ2v) is 5.70. The minimum Gasteiger partial charge on any atom is -0.485 e. The van der Waals surface area contributed by atoms with E-state index >= 15 is 0 Å². The van der Waals surface area contributed by atoms with Crippen molar-refractivity contribution in [3.05, 3.63) is 41.5 Å². The number of carbonyl (C=O) groups excluding carboxylic acids is 2. The summed E-state index contributed by atoms with van der Waals surface area (Å²) >= 11 is 0. The predicted molar refractivity (Wildman–Crippen MR) is 85.1 cm³/mol. The number of carbonyl (C=O) groups is 2. The van der Waals surface area contributed by atoms with Crippen molar-refractivity contribution in [3.8, 4) is 5.75 Å². The van der Waals surface area contributed by atoms with Crippen molar-refractivity contribution in [1.29, 1.82) is 0 Å². The molecule has 0 atom stereocenters. The fourth-order valence-electron chi connectivity index (χ4n) is 1.83. The first-order chi connectivity index (χ1) is 11.4. The van der Waals surface area contributed by atoms with Gasteiger partial charge in [0.25, 0.3) is 0 Å². The van der Waals surface area contributed by atoms with Crippen LogP contribution in [-0.2, 0) is 17.8 Å². The highest BCUT2D eigenvalue weighted by atomic mass is 16.5. The SMILES string of the molecule is CC(C)CNC(=O)c1nc(COc2ccc(CC(N)=O)cc2)no1. The van der Waals surface area contributed by atoms with Crippen molar-refractivity contribution >= 4 is 11.8 Å². The van der Waals surface area contributed by atoms with E-state index in [1.807, 2.05) is 13.8 Å². The van der Waals surface area contributed by atoms with Crippen LogP contribution in [0.25, 0.3) is 0 Å². The molecule has 1 aromatic carbocycles. The molecule has 0 radical (unpaired) electrons. The van der Waals surface area contributed by atoms with Crippen LogP contribution < -0.4 is 15.8 Å². The second-order valence-electron chi connectivity index (χ2n) is 5.70. The fraction of sp³-hybridized carbons (Fsp3) is 0.375. The summed E-state index contributed by atoms with van der Waals surface area (Å²) in [6.45, 7) is 4.57. The molecule has 1 aromatic heterocycles. The van der Waals surface area contributed by atoms with E-state index in [0.717, 1.165) is 5.56 Å². The Bertz CT molecular complexity index is 694. The number of hydrogen-bond acceptors (Lipinski definition) is 6. The Morgan fingerprint density at radius 3 is 2.62 bits per heavy atom. The van der Waals surface area contributed by atoms with E-state index in [1.54, 1.807) is 24.3 Å². The van der Waals surface area contributed by atoms with Crippen LogP contribution >= 0.6 is 0 Å². The molecule has 8 nitrogen and oxygen atoms in total. The first-order valence-electron chi connectivity index (χ1n) is 7.55. The third kappa shape index (κ3) is 5.38. The van der Waals surface area contributed by atoms with E-state index in [4.69, 9.17) is 15.0 Å². The van der Waals surface area contributed by atoms with Gasteiger partial charge in [-0.15, -0.1) is 0 Å². The Morgan fingerprint density at radius 2 is 2.00 bits per heavy atom. The van der Waals surface area contributed by atoms with Crippen LogP contribution in [0.15, 0.2) is 28.8 Å². The lowest BCUT2D eigenvalue weighted by molar-refractivity contribution is -0.117. The molecule has 128 valence electrons. The molecule has 0 spiro atoms. The molecule has 2 amide bonds. The zero-order valence-corrected chi connectivity index (χ0v) is 13.6. The van der Waals surface area contributed by atoms with Gasteiger partial charge in [0.05, 0.1) is 6.42 Å². The molecule has 2 aromatic rings. The molecule has 1 heterocycles. The van der Waals surface area contributed by atoms with Gasteiger partial charge in [0, 0.05) is 6.54 Å². The third-order valence-corrected chi connectivity index (χ3v) is 3.00. The standard InChI is InChI=1S/C16H20N4O4/c1-10(2)8-18-15(22)16-19-14(20-24-16)9-23-12-5-3-11(4-6-12)7-13(17)21/h3-6,10H,7-9H2,1-2H3,(H2,17,21)(H,18,22). The molecule has 0 aliphatic rings. The van der Waals surface area contributed by atoms with Gasteiger partial charge in [0.2, 0.25) is 11.7 Å². The smallest absolute Gasteiger partial charge is 0.316 e. The second kappa shape index (κ2) is 8.09. The summed E-state index contributed by atoms with van der Waals surface area (Å²) < 4.78 is 10.4. The number of nitrogens with zero attached hydrogens (tertiary/aromatic N) is 2. The lowest BCUT2D eigenvalue weighted by atomic mass is 10.1. The van der Waals surface area contributed by atoms with Gasteiger partial charge in [-0.3, -0.25) is 9.59 Å². The van der Waals surface area contributed by atoms with Gasteiger partial charge in [-0.25, -0.2) is 0 Å². The Labute approximate surface area is 139 Å². The minimum atomic E-state index is -0.404. The summed E-state index contributed by atoms with van der Waals surface area (Å²) in [5, 5.41) is 6.40. The average molecular weight is 332 g/mol. The van der Waals surface area contributed by atoms with Crippen LogP contribution in [0.1, 0.15) is 35.9 Å². The van der Waals surface area contributed by atoms with Crippen molar-refractivity contribution in [2.75, 3.05) is 6.54 Å². The number of amides is 2. The molecule has 0 saturated heterocycles. The number of benzene rings is 1. The average Bonchev–Trinajstić information content (AvgIpc) is 3.00. The molecule has 2 rings (SSSR count). The highest BCUT2D eigenvalue weighted by molar-refractivity contribution is 5.89. The number of hydrogen-bond donors (Lipinski definition) is 2. The summed E-state index contributed by atoms with van der Waals surface area (Å²) in [5.74, 6) is 0.296. The maximum atomic E-state index is 11.8. The first-order valence-corrected chi connectivity index (χ1v) is 7.55. The highest BCUT2D eigenvalue weighted by Crippen LogP contribution is 2.14. The van der Waals surface area contributed by atoms with Gasteiger partial charge < -0.3 is 20.3 Å². The van der Waals surface area contributed by atoms with E-state index in [1.165, 1.54) is 0 Å². The van der Waals surface area contributed by atoms with E-state index in [-0.39, 0.29) is 24.7 Å². The summed E-state index contributed by atoms with van der Waals surface area (Å²) in [6, 6.07) is 6.94. The normalized spacial score (nSPS) is 10.6. The zero-order chi connectivity index (χ0) is 17.5. The number of rotatable bonds is 8. The van der Waals surface area contributed by atoms with Crippen molar-refractivity contribution in [1.82, 2.24) is 15.5 Å². The van der Waals surface area contributed by atoms with Gasteiger partial charge in [-0.05, 0) is 23.6 Å². The number of primary amides is 1. The van der Waals surface area contributed by atoms with Gasteiger partial charge in [0.1, 0.15) is 5.75 Å².